The molecule has 0 aliphatic heterocycles. The standard InChI is InChI=1S/C13H19N3/c1-16(11-5-6-11)13-10(8-14)7-9-3-2-4-12(9)15-13/h7,11H,2-6,8,14H2,1H3. The largest absolute Gasteiger partial charge is 0.356 e. The van der Waals surface area contributed by atoms with Gasteiger partial charge in [0, 0.05) is 30.9 Å². The normalized spacial score (nSPS) is 18.6. The van der Waals surface area contributed by atoms with Crippen LogP contribution in [0.25, 0.3) is 0 Å². The average molecular weight is 217 g/mol. The highest BCUT2D eigenvalue weighted by atomic mass is 15.2. The Morgan fingerprint density at radius 2 is 2.25 bits per heavy atom. The molecule has 1 heterocycles. The van der Waals surface area contributed by atoms with Gasteiger partial charge in [0.2, 0.25) is 0 Å². The SMILES string of the molecule is CN(c1nc2c(cc1CN)CCC2)C1CC1. The molecule has 1 aromatic heterocycles. The van der Waals surface area contributed by atoms with Gasteiger partial charge in [-0.2, -0.15) is 0 Å². The van der Waals surface area contributed by atoms with E-state index < -0.39 is 0 Å². The predicted molar refractivity (Wildman–Crippen MR) is 65.6 cm³/mol. The van der Waals surface area contributed by atoms with Gasteiger partial charge in [0.05, 0.1) is 0 Å². The third-order valence-electron chi connectivity index (χ3n) is 3.76. The molecule has 3 rings (SSSR count). The molecule has 0 spiro atoms. The topological polar surface area (TPSA) is 42.2 Å². The summed E-state index contributed by atoms with van der Waals surface area (Å²) in [6.07, 6.45) is 6.19. The van der Waals surface area contributed by atoms with Crippen LogP contribution in [0.4, 0.5) is 5.82 Å². The molecule has 2 N–H and O–H groups in total. The van der Waals surface area contributed by atoms with Crippen LogP contribution in [0.3, 0.4) is 0 Å². The molecule has 16 heavy (non-hydrogen) atoms. The molecule has 0 bridgehead atoms. The second-order valence-corrected chi connectivity index (χ2v) is 4.98. The van der Waals surface area contributed by atoms with Crippen LogP contribution in [0, 0.1) is 0 Å². The minimum Gasteiger partial charge on any atom is -0.356 e. The van der Waals surface area contributed by atoms with E-state index in [1.165, 1.54) is 42.5 Å². The van der Waals surface area contributed by atoms with Crippen LogP contribution < -0.4 is 10.6 Å². The number of aryl methyl sites for hydroxylation is 2. The molecule has 0 aromatic carbocycles. The fourth-order valence-electron chi connectivity index (χ4n) is 2.60. The van der Waals surface area contributed by atoms with Crippen molar-refractivity contribution in [2.24, 2.45) is 5.73 Å². The number of rotatable bonds is 3. The van der Waals surface area contributed by atoms with E-state index in [4.69, 9.17) is 10.7 Å². The van der Waals surface area contributed by atoms with Crippen LogP contribution in [0.15, 0.2) is 6.07 Å². The van der Waals surface area contributed by atoms with Crippen molar-refractivity contribution in [2.75, 3.05) is 11.9 Å². The van der Waals surface area contributed by atoms with Crippen LogP contribution in [-0.2, 0) is 19.4 Å². The molecule has 0 saturated heterocycles. The quantitative estimate of drug-likeness (QED) is 0.836. The van der Waals surface area contributed by atoms with Crippen LogP contribution in [0.2, 0.25) is 0 Å². The van der Waals surface area contributed by atoms with Gasteiger partial charge in [-0.1, -0.05) is 0 Å². The summed E-state index contributed by atoms with van der Waals surface area (Å²) in [6, 6.07) is 2.99. The van der Waals surface area contributed by atoms with Crippen LogP contribution in [0.5, 0.6) is 0 Å². The monoisotopic (exact) mass is 217 g/mol. The first-order valence-corrected chi connectivity index (χ1v) is 6.24. The van der Waals surface area contributed by atoms with Crippen molar-refractivity contribution in [3.05, 3.63) is 22.9 Å². The Hall–Kier alpha value is -1.09. The third-order valence-corrected chi connectivity index (χ3v) is 3.76. The van der Waals surface area contributed by atoms with Crippen molar-refractivity contribution in [1.82, 2.24) is 4.98 Å². The fraction of sp³-hybridized carbons (Fsp3) is 0.615. The lowest BCUT2D eigenvalue weighted by Gasteiger charge is -2.21. The maximum absolute atomic E-state index is 5.84. The molecule has 0 radical (unpaired) electrons. The summed E-state index contributed by atoms with van der Waals surface area (Å²) in [6.45, 7) is 0.604. The Kier molecular flexibility index (Phi) is 2.36. The number of anilines is 1. The molecule has 0 atom stereocenters. The molecule has 3 nitrogen and oxygen atoms in total. The van der Waals surface area contributed by atoms with Crippen molar-refractivity contribution in [2.45, 2.75) is 44.7 Å². The van der Waals surface area contributed by atoms with E-state index in [0.717, 1.165) is 12.2 Å². The summed E-state index contributed by atoms with van der Waals surface area (Å²) in [7, 11) is 2.15. The van der Waals surface area contributed by atoms with E-state index in [-0.39, 0.29) is 0 Å². The number of aromatic nitrogens is 1. The summed E-state index contributed by atoms with van der Waals surface area (Å²) >= 11 is 0. The first-order valence-electron chi connectivity index (χ1n) is 6.24. The minimum absolute atomic E-state index is 0.604. The van der Waals surface area contributed by atoms with Crippen molar-refractivity contribution < 1.29 is 0 Å². The highest BCUT2D eigenvalue weighted by Crippen LogP contribution is 2.33. The van der Waals surface area contributed by atoms with Gasteiger partial charge in [-0.15, -0.1) is 0 Å². The zero-order valence-corrected chi connectivity index (χ0v) is 9.87. The summed E-state index contributed by atoms with van der Waals surface area (Å²) in [5.74, 6) is 1.13. The van der Waals surface area contributed by atoms with Gasteiger partial charge < -0.3 is 10.6 Å². The van der Waals surface area contributed by atoms with Crippen LogP contribution in [0.1, 0.15) is 36.1 Å². The number of fused-ring (bicyclic) bond motifs is 1. The van der Waals surface area contributed by atoms with E-state index in [2.05, 4.69) is 18.0 Å². The Bertz CT molecular complexity index is 410. The maximum Gasteiger partial charge on any atom is 0.133 e. The second-order valence-electron chi connectivity index (χ2n) is 4.98. The molecule has 1 saturated carbocycles. The van der Waals surface area contributed by atoms with Crippen molar-refractivity contribution >= 4 is 5.82 Å². The Balaban J connectivity index is 2.01. The number of pyridine rings is 1. The van der Waals surface area contributed by atoms with Gasteiger partial charge in [-0.3, -0.25) is 0 Å². The zero-order valence-electron chi connectivity index (χ0n) is 9.87. The molecule has 0 amide bonds. The number of hydrogen-bond donors (Lipinski definition) is 1. The van der Waals surface area contributed by atoms with Gasteiger partial charge in [0.25, 0.3) is 0 Å². The molecule has 3 heteroatoms. The van der Waals surface area contributed by atoms with E-state index >= 15 is 0 Å². The fourth-order valence-corrected chi connectivity index (χ4v) is 2.60. The summed E-state index contributed by atoms with van der Waals surface area (Å²) < 4.78 is 0. The molecule has 2 aliphatic carbocycles. The Morgan fingerprint density at radius 1 is 1.44 bits per heavy atom. The van der Waals surface area contributed by atoms with Crippen molar-refractivity contribution in [3.63, 3.8) is 0 Å². The smallest absolute Gasteiger partial charge is 0.133 e. The molecule has 1 aromatic rings. The highest BCUT2D eigenvalue weighted by molar-refractivity contribution is 5.52. The van der Waals surface area contributed by atoms with Gasteiger partial charge >= 0.3 is 0 Å². The molecule has 1 fully saturated rings. The van der Waals surface area contributed by atoms with Crippen LogP contribution >= 0.6 is 0 Å². The second kappa shape index (κ2) is 3.74. The lowest BCUT2D eigenvalue weighted by molar-refractivity contribution is 0.855. The summed E-state index contributed by atoms with van der Waals surface area (Å²) in [5, 5.41) is 0. The van der Waals surface area contributed by atoms with E-state index in [1.807, 2.05) is 0 Å². The maximum atomic E-state index is 5.84. The number of hydrogen-bond acceptors (Lipinski definition) is 3. The van der Waals surface area contributed by atoms with Gasteiger partial charge in [0.1, 0.15) is 5.82 Å². The minimum atomic E-state index is 0.604. The van der Waals surface area contributed by atoms with E-state index in [9.17, 15) is 0 Å². The highest BCUT2D eigenvalue weighted by Gasteiger charge is 2.29. The van der Waals surface area contributed by atoms with Crippen LogP contribution in [-0.4, -0.2) is 18.1 Å². The van der Waals surface area contributed by atoms with Crippen molar-refractivity contribution in [3.8, 4) is 0 Å². The summed E-state index contributed by atoms with van der Waals surface area (Å²) in [4.78, 5) is 7.15. The summed E-state index contributed by atoms with van der Waals surface area (Å²) in [5.41, 5.74) is 9.78. The van der Waals surface area contributed by atoms with Gasteiger partial charge in [-0.25, -0.2) is 4.98 Å². The Morgan fingerprint density at radius 3 is 2.94 bits per heavy atom. The van der Waals surface area contributed by atoms with Gasteiger partial charge in [0.15, 0.2) is 0 Å². The number of nitrogens with zero attached hydrogens (tertiary/aromatic N) is 2. The number of nitrogens with two attached hydrogens (primary N) is 1. The van der Waals surface area contributed by atoms with Crippen molar-refractivity contribution in [1.29, 1.82) is 0 Å². The first-order chi connectivity index (χ1) is 7.79. The molecular weight excluding hydrogens is 198 g/mol. The lowest BCUT2D eigenvalue weighted by Crippen LogP contribution is -2.23. The zero-order chi connectivity index (χ0) is 11.1. The predicted octanol–water partition coefficient (Wildman–Crippen LogP) is 1.63. The Labute approximate surface area is 96.7 Å². The average Bonchev–Trinajstić information content (AvgIpc) is 3.05. The molecule has 2 aliphatic rings. The van der Waals surface area contributed by atoms with Gasteiger partial charge in [-0.05, 0) is 43.7 Å². The first kappa shape index (κ1) is 10.1. The third kappa shape index (κ3) is 1.59. The lowest BCUT2D eigenvalue weighted by atomic mass is 10.1. The molecule has 86 valence electrons. The van der Waals surface area contributed by atoms with E-state index in [1.54, 1.807) is 0 Å². The molecule has 0 unspecified atom stereocenters. The molecular formula is C13H19N3. The van der Waals surface area contributed by atoms with E-state index in [0.29, 0.717) is 12.6 Å².